The van der Waals surface area contributed by atoms with Gasteiger partial charge in [-0.1, -0.05) is 30.0 Å². The number of nitrogens with zero attached hydrogens (tertiary/aromatic N) is 4. The summed E-state index contributed by atoms with van der Waals surface area (Å²) >= 11 is 1.18. The lowest BCUT2D eigenvalue weighted by Crippen LogP contribution is -2.04. The Bertz CT molecular complexity index is 1140. The first-order valence-corrected chi connectivity index (χ1v) is 9.50. The summed E-state index contributed by atoms with van der Waals surface area (Å²) < 4.78 is 50.9. The van der Waals surface area contributed by atoms with E-state index >= 15 is 0 Å². The van der Waals surface area contributed by atoms with Crippen molar-refractivity contribution < 1.29 is 22.3 Å². The van der Waals surface area contributed by atoms with Crippen LogP contribution in [0.5, 0.6) is 0 Å². The van der Waals surface area contributed by atoms with Crippen LogP contribution in [0.1, 0.15) is 11.1 Å². The largest absolute Gasteiger partial charge is 0.416 e. The fraction of sp³-hybridized carbons (Fsp3) is 0.211. The van der Waals surface area contributed by atoms with Gasteiger partial charge in [0.05, 0.1) is 17.3 Å². The van der Waals surface area contributed by atoms with E-state index in [9.17, 15) is 13.2 Å². The van der Waals surface area contributed by atoms with Crippen molar-refractivity contribution >= 4 is 22.7 Å². The lowest BCUT2D eigenvalue weighted by Gasteiger charge is -2.07. The standard InChI is InChI=1S/C19H15F3N4O2S/c1-27-11-26-16-6-5-13(8-14(16)9-23-26)17-24-25-18(28-17)29-10-12-3-2-4-15(7-12)19(20,21)22/h2-9H,10-11H2,1H3. The number of thioether (sulfide) groups is 1. The van der Waals surface area contributed by atoms with Gasteiger partial charge in [-0.05, 0) is 29.8 Å². The van der Waals surface area contributed by atoms with Crippen molar-refractivity contribution in [2.24, 2.45) is 0 Å². The van der Waals surface area contributed by atoms with E-state index < -0.39 is 11.7 Å². The number of hydrogen-bond acceptors (Lipinski definition) is 6. The fourth-order valence-electron chi connectivity index (χ4n) is 2.81. The minimum Gasteiger partial charge on any atom is -0.411 e. The summed E-state index contributed by atoms with van der Waals surface area (Å²) in [6, 6.07) is 10.8. The Morgan fingerprint density at radius 3 is 2.79 bits per heavy atom. The number of hydrogen-bond donors (Lipinski definition) is 0. The van der Waals surface area contributed by atoms with Crippen molar-refractivity contribution in [3.8, 4) is 11.5 Å². The van der Waals surface area contributed by atoms with Gasteiger partial charge in [0.25, 0.3) is 5.22 Å². The van der Waals surface area contributed by atoms with Gasteiger partial charge in [0, 0.05) is 23.8 Å². The van der Waals surface area contributed by atoms with Gasteiger partial charge in [-0.2, -0.15) is 18.3 Å². The van der Waals surface area contributed by atoms with Crippen LogP contribution in [0.15, 0.2) is 58.3 Å². The third kappa shape index (κ3) is 4.28. The molecule has 0 atom stereocenters. The summed E-state index contributed by atoms with van der Waals surface area (Å²) in [6.07, 6.45) is -2.65. The first-order chi connectivity index (χ1) is 13.9. The van der Waals surface area contributed by atoms with Crippen molar-refractivity contribution in [1.82, 2.24) is 20.0 Å². The second kappa shape index (κ2) is 7.88. The molecule has 0 saturated carbocycles. The van der Waals surface area contributed by atoms with E-state index in [0.29, 0.717) is 18.2 Å². The smallest absolute Gasteiger partial charge is 0.411 e. The highest BCUT2D eigenvalue weighted by molar-refractivity contribution is 7.98. The molecule has 0 radical (unpaired) electrons. The van der Waals surface area contributed by atoms with Crippen LogP contribution < -0.4 is 0 Å². The molecule has 0 unspecified atom stereocenters. The van der Waals surface area contributed by atoms with E-state index in [1.807, 2.05) is 18.2 Å². The van der Waals surface area contributed by atoms with Gasteiger partial charge in [-0.25, -0.2) is 4.68 Å². The van der Waals surface area contributed by atoms with Crippen molar-refractivity contribution in [3.05, 3.63) is 59.8 Å². The molecule has 29 heavy (non-hydrogen) atoms. The molecule has 0 saturated heterocycles. The fourth-order valence-corrected chi connectivity index (χ4v) is 3.52. The highest BCUT2D eigenvalue weighted by atomic mass is 32.2. The quantitative estimate of drug-likeness (QED) is 0.409. The minimum absolute atomic E-state index is 0.285. The Balaban J connectivity index is 1.48. The lowest BCUT2D eigenvalue weighted by molar-refractivity contribution is -0.137. The van der Waals surface area contributed by atoms with Crippen molar-refractivity contribution in [3.63, 3.8) is 0 Å². The zero-order chi connectivity index (χ0) is 20.4. The van der Waals surface area contributed by atoms with Crippen LogP contribution in [0.2, 0.25) is 0 Å². The molecular formula is C19H15F3N4O2S. The van der Waals surface area contributed by atoms with Gasteiger partial charge in [-0.15, -0.1) is 10.2 Å². The molecule has 0 spiro atoms. The van der Waals surface area contributed by atoms with Gasteiger partial charge < -0.3 is 9.15 Å². The van der Waals surface area contributed by atoms with Gasteiger partial charge in [-0.3, -0.25) is 0 Å². The van der Waals surface area contributed by atoms with E-state index in [0.717, 1.165) is 28.6 Å². The molecule has 6 nitrogen and oxygen atoms in total. The number of rotatable bonds is 6. The first-order valence-electron chi connectivity index (χ1n) is 8.51. The summed E-state index contributed by atoms with van der Waals surface area (Å²) in [5.41, 5.74) is 1.49. The van der Waals surface area contributed by atoms with Crippen LogP contribution in [0.25, 0.3) is 22.4 Å². The first kappa shape index (κ1) is 19.5. The molecule has 0 aliphatic carbocycles. The van der Waals surface area contributed by atoms with Crippen molar-refractivity contribution in [2.75, 3.05) is 7.11 Å². The minimum atomic E-state index is -4.37. The Kier molecular flexibility index (Phi) is 5.29. The van der Waals surface area contributed by atoms with Gasteiger partial charge in [0.15, 0.2) is 0 Å². The molecule has 0 N–H and O–H groups in total. The number of ether oxygens (including phenoxy) is 1. The molecular weight excluding hydrogens is 405 g/mol. The zero-order valence-corrected chi connectivity index (χ0v) is 16.0. The Morgan fingerprint density at radius 2 is 2.00 bits per heavy atom. The predicted molar refractivity (Wildman–Crippen MR) is 101 cm³/mol. The van der Waals surface area contributed by atoms with Crippen molar-refractivity contribution in [2.45, 2.75) is 23.9 Å². The van der Waals surface area contributed by atoms with E-state index in [1.165, 1.54) is 17.8 Å². The average molecular weight is 420 g/mol. The molecule has 10 heteroatoms. The molecule has 4 rings (SSSR count). The van der Waals surface area contributed by atoms with Crippen LogP contribution >= 0.6 is 11.8 Å². The van der Waals surface area contributed by atoms with Crippen LogP contribution in [0.3, 0.4) is 0 Å². The van der Waals surface area contributed by atoms with Gasteiger partial charge in [0.1, 0.15) is 6.73 Å². The summed E-state index contributed by atoms with van der Waals surface area (Å²) in [7, 11) is 1.60. The third-order valence-corrected chi connectivity index (χ3v) is 5.05. The highest BCUT2D eigenvalue weighted by Gasteiger charge is 2.30. The zero-order valence-electron chi connectivity index (χ0n) is 15.2. The summed E-state index contributed by atoms with van der Waals surface area (Å²) in [5, 5.41) is 13.4. The van der Waals surface area contributed by atoms with E-state index in [-0.39, 0.29) is 11.0 Å². The molecule has 2 heterocycles. The van der Waals surface area contributed by atoms with Gasteiger partial charge in [0.2, 0.25) is 5.89 Å². The van der Waals surface area contributed by atoms with Crippen LogP contribution in [0, 0.1) is 0 Å². The average Bonchev–Trinajstić information content (AvgIpc) is 3.33. The normalized spacial score (nSPS) is 12.0. The second-order valence-corrected chi connectivity index (χ2v) is 7.12. The lowest BCUT2D eigenvalue weighted by atomic mass is 10.1. The van der Waals surface area contributed by atoms with Crippen LogP contribution in [0.4, 0.5) is 13.2 Å². The highest BCUT2D eigenvalue weighted by Crippen LogP contribution is 2.32. The van der Waals surface area contributed by atoms with E-state index in [4.69, 9.17) is 9.15 Å². The summed E-state index contributed by atoms with van der Waals surface area (Å²) in [6.45, 7) is 0.347. The Morgan fingerprint density at radius 1 is 1.14 bits per heavy atom. The monoisotopic (exact) mass is 420 g/mol. The SMILES string of the molecule is COCn1ncc2cc(-c3nnc(SCc4cccc(C(F)(F)F)c4)o3)ccc21. The van der Waals surface area contributed by atoms with Crippen molar-refractivity contribution in [1.29, 1.82) is 0 Å². The summed E-state index contributed by atoms with van der Waals surface area (Å²) in [5.74, 6) is 0.618. The molecule has 0 aliphatic heterocycles. The van der Waals surface area contributed by atoms with Crippen LogP contribution in [-0.2, 0) is 23.4 Å². The molecule has 0 fully saturated rings. The maximum absolute atomic E-state index is 12.8. The molecule has 4 aromatic rings. The number of aromatic nitrogens is 4. The third-order valence-electron chi connectivity index (χ3n) is 4.16. The van der Waals surface area contributed by atoms with E-state index in [2.05, 4.69) is 15.3 Å². The number of halogens is 3. The van der Waals surface area contributed by atoms with Gasteiger partial charge >= 0.3 is 6.18 Å². The topological polar surface area (TPSA) is 66.0 Å². The summed E-state index contributed by atoms with van der Waals surface area (Å²) in [4.78, 5) is 0. The predicted octanol–water partition coefficient (Wildman–Crippen LogP) is 5.00. The maximum atomic E-state index is 12.8. The Labute approximate surface area is 167 Å². The second-order valence-electron chi connectivity index (χ2n) is 6.20. The number of methoxy groups -OCH3 is 1. The number of fused-ring (bicyclic) bond motifs is 1. The van der Waals surface area contributed by atoms with Crippen LogP contribution in [-0.4, -0.2) is 27.1 Å². The molecule has 0 amide bonds. The Hall–Kier alpha value is -2.85. The molecule has 0 bridgehead atoms. The number of benzene rings is 2. The molecule has 0 aliphatic rings. The molecule has 2 aromatic heterocycles. The maximum Gasteiger partial charge on any atom is 0.416 e. The van der Waals surface area contributed by atoms with E-state index in [1.54, 1.807) is 24.1 Å². The molecule has 150 valence electrons. The molecule has 2 aromatic carbocycles. The number of alkyl halides is 3.